The standard InChI is InChI=1S/C17H25N/c1-16(12-18)10-5-11-17(2)14-7-4-3-6-13(14)8-9-15(16)17/h3-4,6-7,15H,5,8-12,18H2,1-2H3/p+1/t15-,16-,17-/m1/s1. The van der Waals surface area contributed by atoms with Gasteiger partial charge in [0.25, 0.3) is 0 Å². The van der Waals surface area contributed by atoms with Gasteiger partial charge in [-0.1, -0.05) is 44.5 Å². The van der Waals surface area contributed by atoms with Crippen molar-refractivity contribution < 1.29 is 5.73 Å². The van der Waals surface area contributed by atoms with E-state index in [2.05, 4.69) is 43.8 Å². The Hall–Kier alpha value is -0.820. The van der Waals surface area contributed by atoms with Gasteiger partial charge in [-0.3, -0.25) is 0 Å². The molecule has 0 saturated heterocycles. The fraction of sp³-hybridized carbons (Fsp3) is 0.647. The normalized spacial score (nSPS) is 38.9. The largest absolute Gasteiger partial charge is 0.357 e. The van der Waals surface area contributed by atoms with Crippen molar-refractivity contribution in [3.05, 3.63) is 35.4 Å². The van der Waals surface area contributed by atoms with E-state index in [0.717, 1.165) is 12.5 Å². The predicted octanol–water partition coefficient (Wildman–Crippen LogP) is 2.94. The molecule has 1 heteroatoms. The number of benzene rings is 1. The second kappa shape index (κ2) is 4.09. The summed E-state index contributed by atoms with van der Waals surface area (Å²) in [5, 5.41) is 0. The maximum Gasteiger partial charge on any atom is 0.0797 e. The summed E-state index contributed by atoms with van der Waals surface area (Å²) in [6.45, 7) is 6.09. The highest BCUT2D eigenvalue weighted by molar-refractivity contribution is 5.38. The molecular formula is C17H26N+. The Bertz CT molecular complexity index is 453. The Morgan fingerprint density at radius 1 is 1.22 bits per heavy atom. The van der Waals surface area contributed by atoms with Gasteiger partial charge in [0.15, 0.2) is 0 Å². The lowest BCUT2D eigenvalue weighted by atomic mass is 9.50. The topological polar surface area (TPSA) is 27.6 Å². The van der Waals surface area contributed by atoms with Gasteiger partial charge in [-0.15, -0.1) is 0 Å². The molecule has 0 radical (unpaired) electrons. The number of hydrogen-bond donors (Lipinski definition) is 1. The summed E-state index contributed by atoms with van der Waals surface area (Å²) >= 11 is 0. The third kappa shape index (κ3) is 1.56. The average Bonchev–Trinajstić information content (AvgIpc) is 2.39. The van der Waals surface area contributed by atoms with Crippen LogP contribution in [0.25, 0.3) is 0 Å². The van der Waals surface area contributed by atoms with Gasteiger partial charge in [-0.2, -0.15) is 0 Å². The molecule has 1 aromatic rings. The molecule has 0 bridgehead atoms. The van der Waals surface area contributed by atoms with E-state index in [1.54, 1.807) is 11.1 Å². The van der Waals surface area contributed by atoms with Crippen molar-refractivity contribution in [1.29, 1.82) is 0 Å². The van der Waals surface area contributed by atoms with E-state index in [9.17, 15) is 0 Å². The average molecular weight is 244 g/mol. The van der Waals surface area contributed by atoms with Crippen molar-refractivity contribution >= 4 is 0 Å². The van der Waals surface area contributed by atoms with Crippen LogP contribution in [-0.2, 0) is 11.8 Å². The molecule has 0 amide bonds. The monoisotopic (exact) mass is 244 g/mol. The van der Waals surface area contributed by atoms with E-state index < -0.39 is 0 Å². The van der Waals surface area contributed by atoms with Crippen LogP contribution in [0.2, 0.25) is 0 Å². The summed E-state index contributed by atoms with van der Waals surface area (Å²) < 4.78 is 0. The van der Waals surface area contributed by atoms with Crippen molar-refractivity contribution in [1.82, 2.24) is 0 Å². The SMILES string of the molecule is C[C@]1(C[NH3+])CCC[C@]2(C)c3ccccc3CC[C@H]12. The van der Waals surface area contributed by atoms with Crippen LogP contribution in [0.3, 0.4) is 0 Å². The van der Waals surface area contributed by atoms with Gasteiger partial charge in [0.2, 0.25) is 0 Å². The van der Waals surface area contributed by atoms with Crippen molar-refractivity contribution in [3.8, 4) is 0 Å². The van der Waals surface area contributed by atoms with E-state index in [1.807, 2.05) is 0 Å². The first kappa shape index (κ1) is 12.2. The van der Waals surface area contributed by atoms with Gasteiger partial charge in [0, 0.05) is 5.41 Å². The molecular weight excluding hydrogens is 218 g/mol. The van der Waals surface area contributed by atoms with Crippen molar-refractivity contribution in [2.24, 2.45) is 11.3 Å². The first-order valence-corrected chi connectivity index (χ1v) is 7.48. The van der Waals surface area contributed by atoms with Crippen molar-refractivity contribution in [2.75, 3.05) is 6.54 Å². The van der Waals surface area contributed by atoms with Gasteiger partial charge in [-0.05, 0) is 48.1 Å². The zero-order chi connectivity index (χ0) is 12.8. The van der Waals surface area contributed by atoms with Gasteiger partial charge >= 0.3 is 0 Å². The predicted molar refractivity (Wildman–Crippen MR) is 75.3 cm³/mol. The molecule has 0 heterocycles. The second-order valence-electron chi connectivity index (χ2n) is 6.92. The minimum atomic E-state index is 0.402. The minimum Gasteiger partial charge on any atom is -0.357 e. The van der Waals surface area contributed by atoms with Crippen LogP contribution < -0.4 is 5.73 Å². The number of fused-ring (bicyclic) bond motifs is 3. The summed E-state index contributed by atoms with van der Waals surface area (Å²) in [6, 6.07) is 9.15. The minimum absolute atomic E-state index is 0.402. The molecule has 2 aliphatic carbocycles. The van der Waals surface area contributed by atoms with Crippen molar-refractivity contribution in [2.45, 2.75) is 51.4 Å². The smallest absolute Gasteiger partial charge is 0.0797 e. The number of hydrogen-bond acceptors (Lipinski definition) is 0. The lowest BCUT2D eigenvalue weighted by molar-refractivity contribution is -0.399. The second-order valence-corrected chi connectivity index (χ2v) is 6.92. The van der Waals surface area contributed by atoms with Gasteiger partial charge in [0.1, 0.15) is 0 Å². The highest BCUT2D eigenvalue weighted by Gasteiger charge is 2.51. The third-order valence-electron chi connectivity index (χ3n) is 5.96. The maximum atomic E-state index is 4.26. The van der Waals surface area contributed by atoms with Gasteiger partial charge in [-0.25, -0.2) is 0 Å². The third-order valence-corrected chi connectivity index (χ3v) is 5.96. The summed E-state index contributed by atoms with van der Waals surface area (Å²) in [6.07, 6.45) is 6.74. The Morgan fingerprint density at radius 3 is 2.78 bits per heavy atom. The summed E-state index contributed by atoms with van der Waals surface area (Å²) in [5.41, 5.74) is 8.36. The Morgan fingerprint density at radius 2 is 2.00 bits per heavy atom. The molecule has 3 rings (SSSR count). The van der Waals surface area contributed by atoms with Gasteiger partial charge in [0.05, 0.1) is 6.54 Å². The van der Waals surface area contributed by atoms with Crippen LogP contribution in [0.5, 0.6) is 0 Å². The van der Waals surface area contributed by atoms with Crippen LogP contribution in [0.4, 0.5) is 0 Å². The Balaban J connectivity index is 2.09. The molecule has 98 valence electrons. The highest BCUT2D eigenvalue weighted by atomic mass is 14.7. The first-order chi connectivity index (χ1) is 8.60. The zero-order valence-electron chi connectivity index (χ0n) is 11.8. The fourth-order valence-corrected chi connectivity index (χ4v) is 4.86. The molecule has 0 aromatic heterocycles. The van der Waals surface area contributed by atoms with E-state index in [-0.39, 0.29) is 0 Å². The first-order valence-electron chi connectivity index (χ1n) is 7.48. The van der Waals surface area contributed by atoms with Crippen LogP contribution in [0.1, 0.15) is 50.7 Å². The van der Waals surface area contributed by atoms with Crippen LogP contribution in [0, 0.1) is 11.3 Å². The number of aryl methyl sites for hydroxylation is 1. The fourth-order valence-electron chi connectivity index (χ4n) is 4.86. The Kier molecular flexibility index (Phi) is 2.78. The lowest BCUT2D eigenvalue weighted by Gasteiger charge is -2.54. The van der Waals surface area contributed by atoms with Crippen LogP contribution in [0.15, 0.2) is 24.3 Å². The molecule has 0 aliphatic heterocycles. The molecule has 1 aromatic carbocycles. The summed E-state index contributed by atoms with van der Waals surface area (Å²) in [4.78, 5) is 0. The summed E-state index contributed by atoms with van der Waals surface area (Å²) in [7, 11) is 0. The molecule has 0 spiro atoms. The maximum absolute atomic E-state index is 4.26. The molecule has 18 heavy (non-hydrogen) atoms. The highest BCUT2D eigenvalue weighted by Crippen LogP contribution is 2.56. The van der Waals surface area contributed by atoms with Gasteiger partial charge < -0.3 is 5.73 Å². The van der Waals surface area contributed by atoms with E-state index in [1.165, 1.54) is 32.1 Å². The molecule has 1 saturated carbocycles. The molecule has 3 N–H and O–H groups in total. The number of rotatable bonds is 1. The Labute approximate surface area is 111 Å². The lowest BCUT2D eigenvalue weighted by Crippen LogP contribution is -2.63. The molecule has 2 aliphatic rings. The molecule has 0 unspecified atom stereocenters. The van der Waals surface area contributed by atoms with E-state index >= 15 is 0 Å². The molecule has 1 nitrogen and oxygen atoms in total. The van der Waals surface area contributed by atoms with E-state index in [4.69, 9.17) is 0 Å². The molecule has 3 atom stereocenters. The number of quaternary nitrogens is 1. The molecule has 1 fully saturated rings. The summed E-state index contributed by atoms with van der Waals surface area (Å²) in [5.74, 6) is 0.825. The van der Waals surface area contributed by atoms with Crippen LogP contribution in [-0.4, -0.2) is 6.54 Å². The quantitative estimate of drug-likeness (QED) is 0.786. The van der Waals surface area contributed by atoms with E-state index in [0.29, 0.717) is 10.8 Å². The van der Waals surface area contributed by atoms with Crippen molar-refractivity contribution in [3.63, 3.8) is 0 Å². The van der Waals surface area contributed by atoms with Crippen LogP contribution >= 0.6 is 0 Å². The zero-order valence-corrected chi connectivity index (χ0v) is 11.8.